The molecule has 7 nitrogen and oxygen atoms in total. The molecule has 134 valence electrons. The van der Waals surface area contributed by atoms with E-state index in [1.54, 1.807) is 23.1 Å². The molecule has 1 fully saturated rings. The fourth-order valence-electron chi connectivity index (χ4n) is 2.66. The Morgan fingerprint density at radius 1 is 1.32 bits per heavy atom. The highest BCUT2D eigenvalue weighted by atomic mass is 35.5. The number of halogens is 1. The van der Waals surface area contributed by atoms with Crippen molar-refractivity contribution in [1.82, 2.24) is 10.2 Å². The van der Waals surface area contributed by atoms with Crippen molar-refractivity contribution in [2.75, 3.05) is 32.9 Å². The molecule has 2 aliphatic heterocycles. The van der Waals surface area contributed by atoms with E-state index in [-0.39, 0.29) is 18.0 Å². The van der Waals surface area contributed by atoms with Crippen molar-refractivity contribution in [2.45, 2.75) is 13.0 Å². The van der Waals surface area contributed by atoms with E-state index in [4.69, 9.17) is 25.8 Å². The molecule has 1 saturated heterocycles. The molecule has 0 saturated carbocycles. The van der Waals surface area contributed by atoms with Gasteiger partial charge in [-0.2, -0.15) is 0 Å². The zero-order valence-electron chi connectivity index (χ0n) is 13.8. The van der Waals surface area contributed by atoms with Gasteiger partial charge in [-0.3, -0.25) is 4.79 Å². The smallest absolute Gasteiger partial charge is 0.410 e. The maximum Gasteiger partial charge on any atom is 0.410 e. The molecule has 1 N–H and O–H groups in total. The Hall–Kier alpha value is -2.41. The molecule has 2 aliphatic rings. The van der Waals surface area contributed by atoms with Crippen LogP contribution in [0.5, 0.6) is 11.5 Å². The van der Waals surface area contributed by atoms with Crippen LogP contribution in [0.4, 0.5) is 4.79 Å². The van der Waals surface area contributed by atoms with E-state index in [1.165, 1.54) is 6.08 Å². The third-order valence-electron chi connectivity index (χ3n) is 3.77. The summed E-state index contributed by atoms with van der Waals surface area (Å²) in [4.78, 5) is 25.0. The molecule has 1 unspecified atom stereocenters. The number of ether oxygens (including phenoxy) is 3. The van der Waals surface area contributed by atoms with Gasteiger partial charge < -0.3 is 24.4 Å². The van der Waals surface area contributed by atoms with Gasteiger partial charge >= 0.3 is 6.09 Å². The van der Waals surface area contributed by atoms with Crippen molar-refractivity contribution in [3.63, 3.8) is 0 Å². The molecule has 0 aromatic heterocycles. The molecule has 1 aromatic carbocycles. The van der Waals surface area contributed by atoms with Crippen molar-refractivity contribution < 1.29 is 23.8 Å². The van der Waals surface area contributed by atoms with Crippen molar-refractivity contribution in [1.29, 1.82) is 0 Å². The van der Waals surface area contributed by atoms with E-state index in [2.05, 4.69) is 5.32 Å². The van der Waals surface area contributed by atoms with Gasteiger partial charge in [0, 0.05) is 18.7 Å². The largest absolute Gasteiger partial charge is 0.486 e. The molecular formula is C17H19ClN2O5. The lowest BCUT2D eigenvalue weighted by molar-refractivity contribution is -0.117. The number of benzene rings is 1. The van der Waals surface area contributed by atoms with Crippen LogP contribution in [0, 0.1) is 0 Å². The number of rotatable bonds is 5. The maximum absolute atomic E-state index is 12.0. The Labute approximate surface area is 150 Å². The molecule has 1 aromatic rings. The van der Waals surface area contributed by atoms with Crippen molar-refractivity contribution in [3.8, 4) is 11.5 Å². The second-order valence-electron chi connectivity index (χ2n) is 5.83. The zero-order valence-corrected chi connectivity index (χ0v) is 14.5. The predicted molar refractivity (Wildman–Crippen MR) is 92.0 cm³/mol. The number of hydrogen-bond acceptors (Lipinski definition) is 5. The van der Waals surface area contributed by atoms with Crippen molar-refractivity contribution >= 4 is 29.7 Å². The van der Waals surface area contributed by atoms with Gasteiger partial charge in [0.25, 0.3) is 0 Å². The predicted octanol–water partition coefficient (Wildman–Crippen LogP) is 2.08. The first kappa shape index (κ1) is 17.4. The van der Waals surface area contributed by atoms with Crippen molar-refractivity contribution in [2.24, 2.45) is 0 Å². The highest BCUT2D eigenvalue weighted by molar-refractivity contribution is 6.32. The third kappa shape index (κ3) is 4.36. The molecular weight excluding hydrogens is 348 g/mol. The summed E-state index contributed by atoms with van der Waals surface area (Å²) in [7, 11) is 0. The van der Waals surface area contributed by atoms with Gasteiger partial charge in [-0.05, 0) is 30.7 Å². The van der Waals surface area contributed by atoms with Gasteiger partial charge in [-0.25, -0.2) is 4.79 Å². The number of fused-ring (bicyclic) bond motifs is 1. The molecule has 25 heavy (non-hydrogen) atoms. The summed E-state index contributed by atoms with van der Waals surface area (Å²) in [6, 6.07) is 3.29. The van der Waals surface area contributed by atoms with Gasteiger partial charge in [-0.15, -0.1) is 0 Å². The number of carbonyl (C=O) groups excluding carboxylic acids is 2. The van der Waals surface area contributed by atoms with Crippen LogP contribution in [0.25, 0.3) is 6.08 Å². The Kier molecular flexibility index (Phi) is 5.33. The Morgan fingerprint density at radius 2 is 2.12 bits per heavy atom. The number of nitrogens with zero attached hydrogens (tertiary/aromatic N) is 1. The summed E-state index contributed by atoms with van der Waals surface area (Å²) in [5.74, 6) is 0.839. The van der Waals surface area contributed by atoms with Gasteiger partial charge in [0.2, 0.25) is 5.91 Å². The summed E-state index contributed by atoms with van der Waals surface area (Å²) < 4.78 is 15.8. The number of cyclic esters (lactones) is 1. The van der Waals surface area contributed by atoms with Gasteiger partial charge in [0.15, 0.2) is 11.5 Å². The maximum atomic E-state index is 12.0. The van der Waals surface area contributed by atoms with Crippen LogP contribution in [0.2, 0.25) is 5.02 Å². The molecule has 0 radical (unpaired) electrons. The van der Waals surface area contributed by atoms with E-state index < -0.39 is 0 Å². The molecule has 8 heteroatoms. The molecule has 0 bridgehead atoms. The molecule has 3 rings (SSSR count). The van der Waals surface area contributed by atoms with Gasteiger partial charge in [0.1, 0.15) is 19.8 Å². The van der Waals surface area contributed by atoms with E-state index in [1.807, 2.05) is 6.92 Å². The van der Waals surface area contributed by atoms with Gasteiger partial charge in [-0.1, -0.05) is 11.6 Å². The van der Waals surface area contributed by atoms with Crippen LogP contribution in [0.15, 0.2) is 18.2 Å². The molecule has 0 aliphatic carbocycles. The highest BCUT2D eigenvalue weighted by Gasteiger charge is 2.23. The third-order valence-corrected chi connectivity index (χ3v) is 4.05. The Bertz CT molecular complexity index is 707. The zero-order chi connectivity index (χ0) is 17.8. The minimum Gasteiger partial charge on any atom is -0.486 e. The first-order valence-corrected chi connectivity index (χ1v) is 8.40. The normalized spacial score (nSPS) is 17.5. The van der Waals surface area contributed by atoms with Crippen LogP contribution in [-0.2, 0) is 9.53 Å². The second kappa shape index (κ2) is 7.65. The van der Waals surface area contributed by atoms with Crippen LogP contribution in [0.3, 0.4) is 0 Å². The average Bonchev–Trinajstić information content (AvgIpc) is 2.98. The molecule has 0 spiro atoms. The highest BCUT2D eigenvalue weighted by Crippen LogP contribution is 2.38. The standard InChI is InChI=1S/C17H19ClN2O5/c1-11(10-20-4-5-25-17(20)22)19-15(21)3-2-12-8-13(18)16-14(9-12)23-6-7-24-16/h2-3,8-9,11H,4-7,10H2,1H3,(H,19,21)/b3-2+. The van der Waals surface area contributed by atoms with Crippen LogP contribution in [-0.4, -0.2) is 55.9 Å². The summed E-state index contributed by atoms with van der Waals surface area (Å²) in [6.07, 6.45) is 2.72. The molecule has 2 amide bonds. The van der Waals surface area contributed by atoms with Crippen LogP contribution < -0.4 is 14.8 Å². The van der Waals surface area contributed by atoms with Crippen LogP contribution >= 0.6 is 11.6 Å². The minimum absolute atomic E-state index is 0.188. The number of nitrogens with one attached hydrogen (secondary N) is 1. The lowest BCUT2D eigenvalue weighted by Crippen LogP contribution is -2.41. The SMILES string of the molecule is CC(CN1CCOC1=O)NC(=O)/C=C/c1cc(Cl)c2c(c1)OCCO2. The number of amides is 2. The second-order valence-corrected chi connectivity index (χ2v) is 6.24. The van der Waals surface area contributed by atoms with Gasteiger partial charge in [0.05, 0.1) is 11.6 Å². The number of carbonyl (C=O) groups is 2. The first-order valence-electron chi connectivity index (χ1n) is 8.02. The van der Waals surface area contributed by atoms with Crippen molar-refractivity contribution in [3.05, 3.63) is 28.8 Å². The van der Waals surface area contributed by atoms with E-state index in [0.29, 0.717) is 49.4 Å². The Balaban J connectivity index is 1.57. The fraction of sp³-hybridized carbons (Fsp3) is 0.412. The molecule has 1 atom stereocenters. The Morgan fingerprint density at radius 3 is 2.88 bits per heavy atom. The monoisotopic (exact) mass is 366 g/mol. The van der Waals surface area contributed by atoms with E-state index in [9.17, 15) is 9.59 Å². The fourth-order valence-corrected chi connectivity index (χ4v) is 2.93. The summed E-state index contributed by atoms with van der Waals surface area (Å²) in [6.45, 7) is 4.11. The lowest BCUT2D eigenvalue weighted by atomic mass is 10.1. The summed E-state index contributed by atoms with van der Waals surface area (Å²) in [5, 5.41) is 3.25. The lowest BCUT2D eigenvalue weighted by Gasteiger charge is -2.20. The topological polar surface area (TPSA) is 77.1 Å². The van der Waals surface area contributed by atoms with E-state index >= 15 is 0 Å². The van der Waals surface area contributed by atoms with E-state index in [0.717, 1.165) is 5.56 Å². The first-order chi connectivity index (χ1) is 12.0. The molecule has 2 heterocycles. The average molecular weight is 367 g/mol. The number of hydrogen-bond donors (Lipinski definition) is 1. The summed E-state index contributed by atoms with van der Waals surface area (Å²) in [5.41, 5.74) is 0.736. The minimum atomic E-state index is -0.345. The van der Waals surface area contributed by atoms with Crippen LogP contribution in [0.1, 0.15) is 12.5 Å². The summed E-state index contributed by atoms with van der Waals surface area (Å²) >= 11 is 6.17. The quantitative estimate of drug-likeness (QED) is 0.807.